The van der Waals surface area contributed by atoms with E-state index in [1.807, 2.05) is 27.7 Å². The highest BCUT2D eigenvalue weighted by Crippen LogP contribution is 2.45. The van der Waals surface area contributed by atoms with Crippen LogP contribution in [-0.4, -0.2) is 30.2 Å². The second-order valence-corrected chi connectivity index (χ2v) is 10.8. The van der Waals surface area contributed by atoms with Crippen LogP contribution in [0.3, 0.4) is 0 Å². The van der Waals surface area contributed by atoms with Crippen LogP contribution in [-0.2, 0) is 28.4 Å². The van der Waals surface area contributed by atoms with Crippen molar-refractivity contribution in [2.75, 3.05) is 6.61 Å². The lowest BCUT2D eigenvalue weighted by atomic mass is 9.74. The van der Waals surface area contributed by atoms with Crippen molar-refractivity contribution in [2.45, 2.75) is 96.4 Å². The topological polar surface area (TPSA) is 50.4 Å². The number of benzene rings is 1. The molecule has 1 amide bonds. The van der Waals surface area contributed by atoms with Crippen molar-refractivity contribution in [1.29, 1.82) is 0 Å². The Balaban J connectivity index is 1.71. The number of amides is 1. The fourth-order valence-electron chi connectivity index (χ4n) is 5.40. The van der Waals surface area contributed by atoms with Crippen LogP contribution in [0.2, 0.25) is 0 Å². The molecule has 10 heteroatoms. The van der Waals surface area contributed by atoms with Crippen molar-refractivity contribution < 1.29 is 35.9 Å². The molecule has 1 heterocycles. The predicted octanol–water partition coefficient (Wildman–Crippen LogP) is 6.08. The number of hydrogen-bond acceptors (Lipinski definition) is 3. The molecule has 3 atom stereocenters. The summed E-state index contributed by atoms with van der Waals surface area (Å²) in [5.74, 6) is -0.386. The number of ether oxygens (including phenoxy) is 1. The third-order valence-corrected chi connectivity index (χ3v) is 7.38. The molecule has 35 heavy (non-hydrogen) atoms. The number of hydrogen-bond donors (Lipinski definition) is 2. The molecule has 4 nitrogen and oxygen atoms in total. The largest absolute Gasteiger partial charge is 0.416 e. The van der Waals surface area contributed by atoms with Gasteiger partial charge in [0.25, 0.3) is 0 Å². The molecular formula is C25H34F6N2O2. The summed E-state index contributed by atoms with van der Waals surface area (Å²) in [6.07, 6.45) is -6.21. The molecule has 0 spiro atoms. The van der Waals surface area contributed by atoms with Gasteiger partial charge in [-0.15, -0.1) is 0 Å². The molecule has 1 aromatic rings. The summed E-state index contributed by atoms with van der Waals surface area (Å²) in [7, 11) is 0. The van der Waals surface area contributed by atoms with Gasteiger partial charge in [-0.1, -0.05) is 13.8 Å². The van der Waals surface area contributed by atoms with E-state index >= 15 is 0 Å². The van der Waals surface area contributed by atoms with Gasteiger partial charge in [0.2, 0.25) is 5.91 Å². The molecule has 1 saturated carbocycles. The average Bonchev–Trinajstić information content (AvgIpc) is 3.15. The average molecular weight is 509 g/mol. The van der Waals surface area contributed by atoms with Gasteiger partial charge < -0.3 is 15.4 Å². The Bertz CT molecular complexity index is 880. The van der Waals surface area contributed by atoms with Crippen molar-refractivity contribution in [3.63, 3.8) is 0 Å². The van der Waals surface area contributed by atoms with E-state index < -0.39 is 35.4 Å². The molecule has 0 bridgehead atoms. The second kappa shape index (κ2) is 9.92. The Hall–Kier alpha value is -1.81. The Morgan fingerprint density at radius 1 is 1.00 bits per heavy atom. The van der Waals surface area contributed by atoms with Crippen LogP contribution in [0, 0.1) is 11.3 Å². The van der Waals surface area contributed by atoms with Gasteiger partial charge in [0.1, 0.15) is 0 Å². The summed E-state index contributed by atoms with van der Waals surface area (Å²) in [5.41, 5.74) is -3.98. The van der Waals surface area contributed by atoms with E-state index in [9.17, 15) is 31.1 Å². The zero-order valence-corrected chi connectivity index (χ0v) is 20.5. The van der Waals surface area contributed by atoms with Gasteiger partial charge in [-0.3, -0.25) is 4.79 Å². The van der Waals surface area contributed by atoms with Gasteiger partial charge in [-0.05, 0) is 75.6 Å². The Kier molecular flexibility index (Phi) is 7.87. The Morgan fingerprint density at radius 3 is 2.09 bits per heavy atom. The molecule has 2 fully saturated rings. The minimum atomic E-state index is -4.93. The zero-order chi connectivity index (χ0) is 26.2. The SMILES string of the molecule is CC(C)C1(C(=O)NCc2cc(C(F)(F)F)cc(C(F)(F)F)c2)CCC(NC2CCOC(C)(C)C2)C1. The van der Waals surface area contributed by atoms with Crippen LogP contribution in [0.15, 0.2) is 18.2 Å². The van der Waals surface area contributed by atoms with E-state index in [4.69, 9.17) is 4.74 Å². The molecule has 1 saturated heterocycles. The van der Waals surface area contributed by atoms with Crippen LogP contribution in [0.25, 0.3) is 0 Å². The second-order valence-electron chi connectivity index (χ2n) is 10.8. The maximum atomic E-state index is 13.3. The Morgan fingerprint density at radius 2 is 1.57 bits per heavy atom. The number of rotatable bonds is 6. The molecule has 2 aliphatic rings. The first-order valence-corrected chi connectivity index (χ1v) is 12.0. The monoisotopic (exact) mass is 508 g/mol. The molecule has 198 valence electrons. The highest BCUT2D eigenvalue weighted by atomic mass is 19.4. The van der Waals surface area contributed by atoms with Gasteiger partial charge in [-0.2, -0.15) is 26.3 Å². The number of halogens is 6. The fourth-order valence-corrected chi connectivity index (χ4v) is 5.40. The van der Waals surface area contributed by atoms with E-state index in [0.717, 1.165) is 19.3 Å². The fraction of sp³-hybridized carbons (Fsp3) is 0.720. The minimum Gasteiger partial charge on any atom is -0.375 e. The lowest BCUT2D eigenvalue weighted by Gasteiger charge is -2.38. The van der Waals surface area contributed by atoms with Crippen LogP contribution >= 0.6 is 0 Å². The minimum absolute atomic E-state index is 0.0484. The Labute approximate surface area is 202 Å². The van der Waals surface area contributed by atoms with Gasteiger partial charge in [-0.25, -0.2) is 0 Å². The molecule has 1 aliphatic heterocycles. The van der Waals surface area contributed by atoms with Crippen molar-refractivity contribution in [2.24, 2.45) is 11.3 Å². The molecule has 0 radical (unpaired) electrons. The van der Waals surface area contributed by atoms with Crippen LogP contribution in [0.5, 0.6) is 0 Å². The normalized spacial score (nSPS) is 27.3. The standard InChI is InChI=1S/C25H34F6N2O2/c1-15(2)23(7-5-19(13-23)33-20-6-8-35-22(3,4)12-20)21(34)32-14-16-9-17(24(26,27)28)11-18(10-16)25(29,30)31/h9-11,15,19-20,33H,5-8,12-14H2,1-4H3,(H,32,34). The van der Waals surface area contributed by atoms with Crippen molar-refractivity contribution in [1.82, 2.24) is 10.6 Å². The number of carbonyl (C=O) groups is 1. The molecule has 1 aromatic carbocycles. The summed E-state index contributed by atoms with van der Waals surface area (Å²) >= 11 is 0. The van der Waals surface area contributed by atoms with Gasteiger partial charge in [0.15, 0.2) is 0 Å². The molecule has 1 aliphatic carbocycles. The van der Waals surface area contributed by atoms with Gasteiger partial charge in [0, 0.05) is 25.2 Å². The summed E-state index contributed by atoms with van der Waals surface area (Å²) in [5, 5.41) is 6.29. The van der Waals surface area contributed by atoms with Crippen molar-refractivity contribution >= 4 is 5.91 Å². The highest BCUT2D eigenvalue weighted by Gasteiger charge is 2.48. The van der Waals surface area contributed by atoms with Crippen LogP contribution < -0.4 is 10.6 Å². The lowest BCUT2D eigenvalue weighted by molar-refractivity contribution is -0.143. The first-order valence-electron chi connectivity index (χ1n) is 12.0. The summed E-state index contributed by atoms with van der Waals surface area (Å²) < 4.78 is 84.7. The van der Waals surface area contributed by atoms with E-state index in [2.05, 4.69) is 10.6 Å². The number of nitrogens with one attached hydrogen (secondary N) is 2. The van der Waals surface area contributed by atoms with E-state index in [0.29, 0.717) is 31.6 Å². The van der Waals surface area contributed by atoms with Crippen molar-refractivity contribution in [3.05, 3.63) is 34.9 Å². The molecule has 3 rings (SSSR count). The summed E-state index contributed by atoms with van der Waals surface area (Å²) in [6, 6.07) is 1.77. The highest BCUT2D eigenvalue weighted by molar-refractivity contribution is 5.83. The smallest absolute Gasteiger partial charge is 0.375 e. The zero-order valence-electron chi connectivity index (χ0n) is 20.5. The summed E-state index contributed by atoms with van der Waals surface area (Å²) in [4.78, 5) is 13.3. The third-order valence-electron chi connectivity index (χ3n) is 7.38. The van der Waals surface area contributed by atoms with E-state index in [1.165, 1.54) is 0 Å². The summed E-state index contributed by atoms with van der Waals surface area (Å²) in [6.45, 7) is 8.17. The van der Waals surface area contributed by atoms with Crippen LogP contribution in [0.1, 0.15) is 76.5 Å². The van der Waals surface area contributed by atoms with Crippen molar-refractivity contribution in [3.8, 4) is 0 Å². The molecule has 2 N–H and O–H groups in total. The molecule has 3 unspecified atom stereocenters. The van der Waals surface area contributed by atoms with E-state index in [1.54, 1.807) is 0 Å². The molecule has 0 aromatic heterocycles. The quantitative estimate of drug-likeness (QED) is 0.458. The van der Waals surface area contributed by atoms with E-state index in [-0.39, 0.29) is 41.1 Å². The molecular weight excluding hydrogens is 474 g/mol. The van der Waals surface area contributed by atoms with Gasteiger partial charge >= 0.3 is 12.4 Å². The van der Waals surface area contributed by atoms with Gasteiger partial charge in [0.05, 0.1) is 22.1 Å². The first kappa shape index (κ1) is 27.8. The van der Waals surface area contributed by atoms with Crippen LogP contribution in [0.4, 0.5) is 26.3 Å². The maximum Gasteiger partial charge on any atom is 0.416 e. The first-order chi connectivity index (χ1) is 16.0. The maximum absolute atomic E-state index is 13.3. The number of carbonyl (C=O) groups excluding carboxylic acids is 1. The predicted molar refractivity (Wildman–Crippen MR) is 119 cm³/mol. The third kappa shape index (κ3) is 6.70. The lowest BCUT2D eigenvalue weighted by Crippen LogP contribution is -2.48. The number of alkyl halides is 6.